The number of carbonyl (C=O) groups is 1. The minimum absolute atomic E-state index is 0.150. The summed E-state index contributed by atoms with van der Waals surface area (Å²) in [4.78, 5) is 20.4. The summed E-state index contributed by atoms with van der Waals surface area (Å²) in [6.45, 7) is 1.91. The Kier molecular flexibility index (Phi) is 4.86. The lowest BCUT2D eigenvalue weighted by molar-refractivity contribution is 0.102. The number of hydrogen-bond acceptors (Lipinski definition) is 4. The van der Waals surface area contributed by atoms with Gasteiger partial charge in [0.15, 0.2) is 0 Å². The second kappa shape index (κ2) is 7.23. The molecule has 1 aromatic heterocycles. The monoisotopic (exact) mass is 382 g/mol. The van der Waals surface area contributed by atoms with Crippen LogP contribution in [0.25, 0.3) is 0 Å². The number of anilines is 3. The van der Waals surface area contributed by atoms with Gasteiger partial charge in [-0.2, -0.15) is 0 Å². The maximum absolute atomic E-state index is 12.2. The van der Waals surface area contributed by atoms with Crippen molar-refractivity contribution in [3.05, 3.63) is 76.7 Å². The lowest BCUT2D eigenvalue weighted by atomic mass is 10.2. The van der Waals surface area contributed by atoms with Gasteiger partial charge in [0, 0.05) is 33.2 Å². The minimum atomic E-state index is -0.150. The summed E-state index contributed by atoms with van der Waals surface area (Å²) < 4.78 is 0.870. The van der Waals surface area contributed by atoms with E-state index in [9.17, 15) is 4.79 Å². The third-order valence-electron chi connectivity index (χ3n) is 3.31. The second-order valence-corrected chi connectivity index (χ2v) is 6.13. The Balaban J connectivity index is 1.67. The molecule has 0 aliphatic heterocycles. The van der Waals surface area contributed by atoms with Crippen LogP contribution in [0, 0.1) is 6.92 Å². The number of nitrogens with one attached hydrogen (secondary N) is 2. The van der Waals surface area contributed by atoms with Gasteiger partial charge in [-0.1, -0.05) is 22.0 Å². The predicted molar refractivity (Wildman–Crippen MR) is 98.6 cm³/mol. The molecule has 0 radical (unpaired) electrons. The molecule has 0 fully saturated rings. The maximum atomic E-state index is 12.2. The van der Waals surface area contributed by atoms with E-state index in [1.54, 1.807) is 12.1 Å². The minimum Gasteiger partial charge on any atom is -0.340 e. The Morgan fingerprint density at radius 2 is 1.75 bits per heavy atom. The smallest absolute Gasteiger partial charge is 0.255 e. The van der Waals surface area contributed by atoms with Crippen LogP contribution in [0.15, 0.2) is 65.4 Å². The topological polar surface area (TPSA) is 66.9 Å². The van der Waals surface area contributed by atoms with Crippen LogP contribution in [0.2, 0.25) is 0 Å². The molecule has 0 atom stereocenters. The van der Waals surface area contributed by atoms with Crippen LogP contribution in [0.3, 0.4) is 0 Å². The number of hydrogen-bond donors (Lipinski definition) is 2. The summed E-state index contributed by atoms with van der Waals surface area (Å²) in [5.41, 5.74) is 3.10. The summed E-state index contributed by atoms with van der Waals surface area (Å²) in [5, 5.41) is 6.07. The summed E-state index contributed by atoms with van der Waals surface area (Å²) in [5.74, 6) is 0.580. The first kappa shape index (κ1) is 16.1. The molecule has 1 heterocycles. The van der Waals surface area contributed by atoms with Crippen LogP contribution in [0.5, 0.6) is 0 Å². The number of amides is 1. The molecule has 0 aliphatic rings. The molecule has 0 bridgehead atoms. The molecule has 24 heavy (non-hydrogen) atoms. The van der Waals surface area contributed by atoms with Crippen molar-refractivity contribution in [3.63, 3.8) is 0 Å². The van der Waals surface area contributed by atoms with Crippen LogP contribution < -0.4 is 10.6 Å². The third kappa shape index (κ3) is 4.17. The Bertz CT molecular complexity index is 865. The average Bonchev–Trinajstić information content (AvgIpc) is 2.57. The molecule has 0 spiro atoms. The highest BCUT2D eigenvalue weighted by atomic mass is 79.9. The van der Waals surface area contributed by atoms with Gasteiger partial charge in [-0.15, -0.1) is 0 Å². The molecule has 0 aliphatic carbocycles. The van der Waals surface area contributed by atoms with Gasteiger partial charge in [-0.25, -0.2) is 9.97 Å². The molecule has 3 rings (SSSR count). The van der Waals surface area contributed by atoms with Crippen molar-refractivity contribution in [2.24, 2.45) is 0 Å². The molecule has 2 N–H and O–H groups in total. The maximum Gasteiger partial charge on any atom is 0.255 e. The van der Waals surface area contributed by atoms with Crippen molar-refractivity contribution < 1.29 is 4.79 Å². The SMILES string of the molecule is Cc1cc(Nc2ccc(NC(=O)c3cccc(Br)c3)cc2)ncn1. The summed E-state index contributed by atoms with van der Waals surface area (Å²) in [6, 6.07) is 16.6. The number of nitrogens with zero attached hydrogens (tertiary/aromatic N) is 2. The van der Waals surface area contributed by atoms with Crippen LogP contribution in [-0.4, -0.2) is 15.9 Å². The zero-order valence-corrected chi connectivity index (χ0v) is 14.5. The van der Waals surface area contributed by atoms with E-state index in [0.717, 1.165) is 27.4 Å². The van der Waals surface area contributed by atoms with Gasteiger partial charge in [0.05, 0.1) is 0 Å². The normalized spacial score (nSPS) is 10.2. The quantitative estimate of drug-likeness (QED) is 0.694. The molecule has 5 nitrogen and oxygen atoms in total. The molecule has 1 amide bonds. The lowest BCUT2D eigenvalue weighted by Gasteiger charge is -2.08. The van der Waals surface area contributed by atoms with E-state index < -0.39 is 0 Å². The fourth-order valence-electron chi connectivity index (χ4n) is 2.14. The highest BCUT2D eigenvalue weighted by molar-refractivity contribution is 9.10. The van der Waals surface area contributed by atoms with Gasteiger partial charge >= 0.3 is 0 Å². The molecule has 3 aromatic rings. The fourth-order valence-corrected chi connectivity index (χ4v) is 2.54. The molecule has 0 unspecified atom stereocenters. The first-order valence-corrected chi connectivity index (χ1v) is 8.12. The van der Waals surface area contributed by atoms with Gasteiger partial charge in [0.1, 0.15) is 12.1 Å². The van der Waals surface area contributed by atoms with Crippen LogP contribution in [-0.2, 0) is 0 Å². The van der Waals surface area contributed by atoms with Crippen LogP contribution >= 0.6 is 15.9 Å². The summed E-state index contributed by atoms with van der Waals surface area (Å²) in [6.07, 6.45) is 1.52. The van der Waals surface area contributed by atoms with E-state index in [1.165, 1.54) is 6.33 Å². The van der Waals surface area contributed by atoms with Gasteiger partial charge in [0.2, 0.25) is 0 Å². The summed E-state index contributed by atoms with van der Waals surface area (Å²) in [7, 11) is 0. The Hall–Kier alpha value is -2.73. The Labute approximate surface area is 148 Å². The van der Waals surface area contributed by atoms with Gasteiger partial charge in [-0.3, -0.25) is 4.79 Å². The Morgan fingerprint density at radius 3 is 2.46 bits per heavy atom. The number of halogens is 1. The molecule has 0 saturated carbocycles. The molecule has 6 heteroatoms. The van der Waals surface area contributed by atoms with E-state index in [1.807, 2.05) is 49.4 Å². The first-order valence-electron chi connectivity index (χ1n) is 7.33. The molecule has 120 valence electrons. The van der Waals surface area contributed by atoms with E-state index in [2.05, 4.69) is 36.5 Å². The molecular formula is C18H15BrN4O. The highest BCUT2D eigenvalue weighted by Crippen LogP contribution is 2.19. The largest absolute Gasteiger partial charge is 0.340 e. The highest BCUT2D eigenvalue weighted by Gasteiger charge is 2.06. The molecule has 2 aromatic carbocycles. The number of aryl methyl sites for hydroxylation is 1. The zero-order chi connectivity index (χ0) is 16.9. The molecular weight excluding hydrogens is 368 g/mol. The van der Waals surface area contributed by atoms with E-state index in [4.69, 9.17) is 0 Å². The summed E-state index contributed by atoms with van der Waals surface area (Å²) >= 11 is 3.36. The predicted octanol–water partition coefficient (Wildman–Crippen LogP) is 4.54. The van der Waals surface area contributed by atoms with E-state index >= 15 is 0 Å². The first-order chi connectivity index (χ1) is 11.6. The van der Waals surface area contributed by atoms with Crippen LogP contribution in [0.1, 0.15) is 16.1 Å². The number of benzene rings is 2. The van der Waals surface area contributed by atoms with Gasteiger partial charge in [0.25, 0.3) is 5.91 Å². The van der Waals surface area contributed by atoms with Crippen molar-refractivity contribution in [2.75, 3.05) is 10.6 Å². The van der Waals surface area contributed by atoms with Crippen molar-refractivity contribution in [2.45, 2.75) is 6.92 Å². The molecule has 0 saturated heterocycles. The van der Waals surface area contributed by atoms with E-state index in [-0.39, 0.29) is 5.91 Å². The van der Waals surface area contributed by atoms with Crippen molar-refractivity contribution in [1.82, 2.24) is 9.97 Å². The number of rotatable bonds is 4. The van der Waals surface area contributed by atoms with Crippen molar-refractivity contribution in [1.29, 1.82) is 0 Å². The lowest BCUT2D eigenvalue weighted by Crippen LogP contribution is -2.11. The second-order valence-electron chi connectivity index (χ2n) is 5.21. The van der Waals surface area contributed by atoms with Gasteiger partial charge in [-0.05, 0) is 49.4 Å². The third-order valence-corrected chi connectivity index (χ3v) is 3.80. The average molecular weight is 383 g/mol. The van der Waals surface area contributed by atoms with Gasteiger partial charge < -0.3 is 10.6 Å². The standard InChI is InChI=1S/C18H15BrN4O/c1-12-9-17(21-11-20-12)22-15-5-7-16(8-6-15)23-18(24)13-3-2-4-14(19)10-13/h2-11H,1H3,(H,23,24)(H,20,21,22). The number of aromatic nitrogens is 2. The fraction of sp³-hybridized carbons (Fsp3) is 0.0556. The number of carbonyl (C=O) groups excluding carboxylic acids is 1. The van der Waals surface area contributed by atoms with E-state index in [0.29, 0.717) is 5.56 Å². The van der Waals surface area contributed by atoms with Crippen molar-refractivity contribution in [3.8, 4) is 0 Å². The zero-order valence-electron chi connectivity index (χ0n) is 13.0. The Morgan fingerprint density at radius 1 is 1.00 bits per heavy atom. The van der Waals surface area contributed by atoms with Crippen molar-refractivity contribution >= 4 is 39.0 Å². The van der Waals surface area contributed by atoms with Crippen LogP contribution in [0.4, 0.5) is 17.2 Å².